The summed E-state index contributed by atoms with van der Waals surface area (Å²) in [5, 5.41) is 2.55. The topological polar surface area (TPSA) is 93.2 Å². The third-order valence-corrected chi connectivity index (χ3v) is 9.75. The molecular weight excluding hydrogens is 688 g/mol. The molecule has 0 radical (unpaired) electrons. The second kappa shape index (κ2) is 10.9. The lowest BCUT2D eigenvalue weighted by atomic mass is 9.98. The molecule has 3 aromatic carbocycles. The number of nitrogens with one attached hydrogen (secondary N) is 1. The van der Waals surface area contributed by atoms with Gasteiger partial charge in [-0.05, 0) is 12.1 Å². The molecule has 202 valence electrons. The molecule has 1 N–H and O–H groups in total. The number of carbonyl (C=O) groups excluding carboxylic acids is 4. The number of ketones is 2. The summed E-state index contributed by atoms with van der Waals surface area (Å²) < 4.78 is 0. The zero-order chi connectivity index (χ0) is 29.2. The Hall–Kier alpha value is -2.13. The Morgan fingerprint density at radius 2 is 0.950 bits per heavy atom. The van der Waals surface area contributed by atoms with Gasteiger partial charge in [0, 0.05) is 5.39 Å². The van der Waals surface area contributed by atoms with Gasteiger partial charge < -0.3 is 0 Å². The number of amides is 2. The van der Waals surface area contributed by atoms with Gasteiger partial charge in [-0.15, -0.1) is 0 Å². The second-order valence-corrected chi connectivity index (χ2v) is 11.4. The monoisotopic (exact) mass is 692 g/mol. The number of carbonyl (C=O) groups is 4. The first kappa shape index (κ1) is 29.4. The number of halogens is 8. The van der Waals surface area contributed by atoms with Crippen LogP contribution in [0.25, 0.3) is 10.9 Å². The molecule has 0 saturated carbocycles. The van der Waals surface area contributed by atoms with Crippen molar-refractivity contribution >= 4 is 127 Å². The van der Waals surface area contributed by atoms with E-state index in [1.54, 1.807) is 6.07 Å². The first-order valence-corrected chi connectivity index (χ1v) is 13.9. The smallest absolute Gasteiger partial charge is 0.260 e. The van der Waals surface area contributed by atoms with Crippen LogP contribution in [0.5, 0.6) is 0 Å². The number of hydrogen-bond acceptors (Lipinski definition) is 5. The highest BCUT2D eigenvalue weighted by molar-refractivity contribution is 6.56. The third-order valence-electron chi connectivity index (χ3n) is 6.15. The molecule has 14 heteroatoms. The van der Waals surface area contributed by atoms with Crippen molar-refractivity contribution in [3.63, 3.8) is 0 Å². The van der Waals surface area contributed by atoms with E-state index in [1.165, 1.54) is 0 Å². The molecule has 1 aliphatic heterocycles. The Morgan fingerprint density at radius 1 is 0.525 bits per heavy atom. The summed E-state index contributed by atoms with van der Waals surface area (Å²) in [5.41, 5.74) is 0.980. The Labute approximate surface area is 265 Å². The van der Waals surface area contributed by atoms with Crippen LogP contribution < -0.4 is 5.32 Å². The normalized spacial score (nSPS) is 14.3. The van der Waals surface area contributed by atoms with Gasteiger partial charge in [0.15, 0.2) is 11.6 Å². The van der Waals surface area contributed by atoms with E-state index >= 15 is 0 Å². The highest BCUT2D eigenvalue weighted by atomic mass is 35.5. The van der Waals surface area contributed by atoms with Gasteiger partial charge in [0.05, 0.1) is 73.6 Å². The molecule has 0 spiro atoms. The Bertz CT molecular complexity index is 1770. The SMILES string of the molecule is O=C1NC(=O)c2c(Cl)c(Cl)c(Cl)c(Cl)c21.O=C1c2c(Cl)c(Cl)c(Cl)c(Cl)c2C(=O)C1c1ccc2ccccc2n1. The first-order chi connectivity index (χ1) is 18.9. The molecular formula is C26H8Cl8N2O4. The first-order valence-electron chi connectivity index (χ1n) is 10.9. The number of hydrogen-bond donors (Lipinski definition) is 1. The van der Waals surface area contributed by atoms with Crippen LogP contribution in [0.2, 0.25) is 40.2 Å². The molecule has 0 fully saturated rings. The highest BCUT2D eigenvalue weighted by Crippen LogP contribution is 2.48. The predicted octanol–water partition coefficient (Wildman–Crippen LogP) is 9.19. The van der Waals surface area contributed by atoms with Gasteiger partial charge in [0.1, 0.15) is 5.92 Å². The van der Waals surface area contributed by atoms with Gasteiger partial charge in [-0.1, -0.05) is 117 Å². The molecule has 0 bridgehead atoms. The van der Waals surface area contributed by atoms with Crippen molar-refractivity contribution < 1.29 is 19.2 Å². The molecule has 0 unspecified atom stereocenters. The summed E-state index contributed by atoms with van der Waals surface area (Å²) in [7, 11) is 0. The number of aromatic nitrogens is 1. The summed E-state index contributed by atoms with van der Waals surface area (Å²) >= 11 is 47.4. The summed E-state index contributed by atoms with van der Waals surface area (Å²) in [5.74, 6) is -3.31. The molecule has 4 aromatic rings. The van der Waals surface area contributed by atoms with Crippen molar-refractivity contribution in [1.29, 1.82) is 0 Å². The van der Waals surface area contributed by atoms with Crippen LogP contribution in [0.1, 0.15) is 53.0 Å². The van der Waals surface area contributed by atoms with Crippen LogP contribution in [-0.4, -0.2) is 28.4 Å². The molecule has 0 atom stereocenters. The number of Topliss-reactive ketones (excluding diaryl/α,β-unsaturated/α-hetero) is 2. The van der Waals surface area contributed by atoms with Crippen LogP contribution in [0.15, 0.2) is 36.4 Å². The number of rotatable bonds is 1. The predicted molar refractivity (Wildman–Crippen MR) is 158 cm³/mol. The Morgan fingerprint density at radius 3 is 1.43 bits per heavy atom. The zero-order valence-corrected chi connectivity index (χ0v) is 25.2. The maximum atomic E-state index is 12.9. The molecule has 6 nitrogen and oxygen atoms in total. The van der Waals surface area contributed by atoms with Gasteiger partial charge in [0.25, 0.3) is 11.8 Å². The van der Waals surface area contributed by atoms with Crippen LogP contribution >= 0.6 is 92.8 Å². The quantitative estimate of drug-likeness (QED) is 0.0928. The molecule has 2 heterocycles. The molecule has 6 rings (SSSR count). The number of pyridine rings is 1. The van der Waals surface area contributed by atoms with Gasteiger partial charge >= 0.3 is 0 Å². The van der Waals surface area contributed by atoms with Crippen molar-refractivity contribution in [2.75, 3.05) is 0 Å². The molecule has 1 aromatic heterocycles. The Kier molecular flexibility index (Phi) is 8.03. The maximum Gasteiger partial charge on any atom is 0.260 e. The number of para-hydroxylation sites is 1. The average molecular weight is 696 g/mol. The van der Waals surface area contributed by atoms with E-state index in [1.807, 2.05) is 30.3 Å². The van der Waals surface area contributed by atoms with Crippen LogP contribution in [0.4, 0.5) is 0 Å². The fourth-order valence-electron chi connectivity index (χ4n) is 4.30. The van der Waals surface area contributed by atoms with Crippen molar-refractivity contribution in [3.8, 4) is 0 Å². The summed E-state index contributed by atoms with van der Waals surface area (Å²) in [6.45, 7) is 0. The minimum absolute atomic E-state index is 0.00558. The van der Waals surface area contributed by atoms with E-state index in [9.17, 15) is 19.2 Å². The van der Waals surface area contributed by atoms with E-state index in [0.29, 0.717) is 11.2 Å². The van der Waals surface area contributed by atoms with Gasteiger partial charge in [-0.25, -0.2) is 0 Å². The Balaban J connectivity index is 0.000000184. The zero-order valence-electron chi connectivity index (χ0n) is 19.1. The third kappa shape index (κ3) is 4.55. The molecule has 1 aliphatic carbocycles. The lowest BCUT2D eigenvalue weighted by molar-refractivity contribution is 0.0867. The van der Waals surface area contributed by atoms with Crippen molar-refractivity contribution in [2.45, 2.75) is 5.92 Å². The fourth-order valence-corrected chi connectivity index (χ4v) is 6.36. The second-order valence-electron chi connectivity index (χ2n) is 8.39. The van der Waals surface area contributed by atoms with E-state index in [-0.39, 0.29) is 62.4 Å². The molecule has 2 aliphatic rings. The van der Waals surface area contributed by atoms with E-state index in [4.69, 9.17) is 92.8 Å². The van der Waals surface area contributed by atoms with Crippen molar-refractivity contribution in [1.82, 2.24) is 10.3 Å². The maximum absolute atomic E-state index is 12.9. The van der Waals surface area contributed by atoms with Crippen LogP contribution in [0.3, 0.4) is 0 Å². The number of benzene rings is 3. The molecule has 40 heavy (non-hydrogen) atoms. The van der Waals surface area contributed by atoms with Gasteiger partial charge in [-0.2, -0.15) is 0 Å². The number of nitrogens with zero attached hydrogens (tertiary/aromatic N) is 1. The molecule has 2 amide bonds. The van der Waals surface area contributed by atoms with Crippen LogP contribution in [0, 0.1) is 0 Å². The van der Waals surface area contributed by atoms with E-state index < -0.39 is 29.3 Å². The van der Waals surface area contributed by atoms with Gasteiger partial charge in [0.2, 0.25) is 0 Å². The fraction of sp³-hybridized carbons (Fsp3) is 0.0385. The van der Waals surface area contributed by atoms with Crippen molar-refractivity contribution in [3.05, 3.63) is 105 Å². The average Bonchev–Trinajstić information content (AvgIpc) is 3.39. The summed E-state index contributed by atoms with van der Waals surface area (Å²) in [6, 6.07) is 10.9. The number of imide groups is 1. The molecule has 0 saturated heterocycles. The van der Waals surface area contributed by atoms with E-state index in [0.717, 1.165) is 5.39 Å². The highest BCUT2D eigenvalue weighted by Gasteiger charge is 2.45. The largest absolute Gasteiger partial charge is 0.293 e. The van der Waals surface area contributed by atoms with Gasteiger partial charge in [-0.3, -0.25) is 29.5 Å². The minimum Gasteiger partial charge on any atom is -0.293 e. The van der Waals surface area contributed by atoms with Crippen LogP contribution in [-0.2, 0) is 0 Å². The summed E-state index contributed by atoms with van der Waals surface area (Å²) in [6.07, 6.45) is 0. The standard InChI is InChI=1S/C18H7Cl4NO2.C8HCl4NO2/c19-13-11-12(14(20)16(22)15(13)21)18(25)10(17(11)24)9-6-5-7-3-1-2-4-8(7)23-9;9-3-1-2(8(15)13-7(1)14)4(10)6(12)5(3)11/h1-6,10H;(H,13,14,15). The van der Waals surface area contributed by atoms with E-state index in [2.05, 4.69) is 10.3 Å². The lowest BCUT2D eigenvalue weighted by Crippen LogP contribution is -2.20. The number of fused-ring (bicyclic) bond motifs is 3. The van der Waals surface area contributed by atoms with Crippen molar-refractivity contribution in [2.24, 2.45) is 0 Å². The minimum atomic E-state index is -1.11. The summed E-state index contributed by atoms with van der Waals surface area (Å²) in [4.78, 5) is 52.9. The lowest BCUT2D eigenvalue weighted by Gasteiger charge is -2.07.